The van der Waals surface area contributed by atoms with Gasteiger partial charge in [-0.15, -0.1) is 0 Å². The van der Waals surface area contributed by atoms with Crippen LogP contribution in [0.3, 0.4) is 0 Å². The second kappa shape index (κ2) is 2.42. The van der Waals surface area contributed by atoms with E-state index in [1.54, 1.807) is 0 Å². The minimum atomic E-state index is -2.65. The molecule has 0 heterocycles. The maximum Gasteiger partial charge on any atom is 0.251 e. The van der Waals surface area contributed by atoms with Crippen molar-refractivity contribution in [2.45, 2.75) is 55.6 Å². The molecule has 2 fully saturated rings. The molecule has 3 N–H and O–H groups in total. The van der Waals surface area contributed by atoms with Gasteiger partial charge in [-0.25, -0.2) is 8.78 Å². The molecule has 0 unspecified atom stereocenters. The van der Waals surface area contributed by atoms with Crippen LogP contribution >= 0.6 is 0 Å². The minimum absolute atomic E-state index is 0.351. The van der Waals surface area contributed by atoms with Crippen molar-refractivity contribution >= 4 is 0 Å². The van der Waals surface area contributed by atoms with Crippen LogP contribution in [-0.4, -0.2) is 22.2 Å². The Morgan fingerprint density at radius 3 is 1.92 bits per heavy atom. The molecule has 76 valence electrons. The maximum atomic E-state index is 12.7. The first-order chi connectivity index (χ1) is 5.87. The van der Waals surface area contributed by atoms with Gasteiger partial charge in [0.2, 0.25) is 0 Å². The summed E-state index contributed by atoms with van der Waals surface area (Å²) in [5, 5.41) is 10.0. The van der Waals surface area contributed by atoms with Gasteiger partial charge in [0.1, 0.15) is 0 Å². The smallest absolute Gasteiger partial charge is 0.251 e. The van der Waals surface area contributed by atoms with Crippen molar-refractivity contribution in [3.63, 3.8) is 0 Å². The third kappa shape index (κ3) is 1.27. The SMILES string of the molecule is NC1(C2(O)CCCC2)CC(F)(F)C1. The fraction of sp³-hybridized carbons (Fsp3) is 1.00. The van der Waals surface area contributed by atoms with Gasteiger partial charge >= 0.3 is 0 Å². The molecule has 0 spiro atoms. The lowest BCUT2D eigenvalue weighted by atomic mass is 9.63. The number of hydrogen-bond donors (Lipinski definition) is 2. The second-order valence-corrected chi connectivity index (χ2v) is 4.60. The molecule has 0 radical (unpaired) electrons. The quantitative estimate of drug-likeness (QED) is 0.658. The zero-order chi connectivity index (χ0) is 9.74. The predicted octanol–water partition coefficient (Wildman–Crippen LogP) is 1.42. The summed E-state index contributed by atoms with van der Waals surface area (Å²) in [6.07, 6.45) is 2.27. The summed E-state index contributed by atoms with van der Waals surface area (Å²) in [4.78, 5) is 0. The fourth-order valence-corrected chi connectivity index (χ4v) is 2.66. The predicted molar refractivity (Wildman–Crippen MR) is 44.5 cm³/mol. The van der Waals surface area contributed by atoms with Crippen molar-refractivity contribution in [3.8, 4) is 0 Å². The molecule has 0 aromatic carbocycles. The lowest BCUT2D eigenvalue weighted by molar-refractivity contribution is -0.188. The standard InChI is InChI=1S/C9H15F2NO/c10-9(11)5-7(12,6-9)8(13)3-1-2-4-8/h13H,1-6,12H2. The Balaban J connectivity index is 2.09. The van der Waals surface area contributed by atoms with E-state index in [9.17, 15) is 13.9 Å². The molecule has 0 saturated heterocycles. The van der Waals surface area contributed by atoms with E-state index in [1.165, 1.54) is 0 Å². The molecule has 2 rings (SSSR count). The van der Waals surface area contributed by atoms with Gasteiger partial charge in [-0.05, 0) is 12.8 Å². The molecule has 13 heavy (non-hydrogen) atoms. The first-order valence-electron chi connectivity index (χ1n) is 4.76. The topological polar surface area (TPSA) is 46.2 Å². The van der Waals surface area contributed by atoms with E-state index in [1.807, 2.05) is 0 Å². The molecule has 2 nitrogen and oxygen atoms in total. The summed E-state index contributed by atoms with van der Waals surface area (Å²) < 4.78 is 25.3. The van der Waals surface area contributed by atoms with E-state index in [2.05, 4.69) is 0 Å². The van der Waals surface area contributed by atoms with Gasteiger partial charge in [-0.2, -0.15) is 0 Å². The van der Waals surface area contributed by atoms with Gasteiger partial charge in [-0.3, -0.25) is 0 Å². The van der Waals surface area contributed by atoms with Gasteiger partial charge in [0.05, 0.1) is 11.1 Å². The number of aliphatic hydroxyl groups is 1. The molecule has 0 aromatic rings. The highest BCUT2D eigenvalue weighted by Crippen LogP contribution is 2.53. The maximum absolute atomic E-state index is 12.7. The van der Waals surface area contributed by atoms with Crippen LogP contribution in [-0.2, 0) is 0 Å². The lowest BCUT2D eigenvalue weighted by Gasteiger charge is -2.52. The highest BCUT2D eigenvalue weighted by Gasteiger charge is 2.64. The van der Waals surface area contributed by atoms with Crippen LogP contribution in [0.25, 0.3) is 0 Å². The summed E-state index contributed by atoms with van der Waals surface area (Å²) >= 11 is 0. The van der Waals surface area contributed by atoms with Gasteiger partial charge in [0.15, 0.2) is 0 Å². The zero-order valence-corrected chi connectivity index (χ0v) is 7.52. The van der Waals surface area contributed by atoms with Crippen LogP contribution in [0.2, 0.25) is 0 Å². The van der Waals surface area contributed by atoms with E-state index >= 15 is 0 Å². The summed E-state index contributed by atoms with van der Waals surface area (Å²) in [5.74, 6) is -2.65. The van der Waals surface area contributed by atoms with E-state index in [0.29, 0.717) is 12.8 Å². The zero-order valence-electron chi connectivity index (χ0n) is 7.52. The number of hydrogen-bond acceptors (Lipinski definition) is 2. The van der Waals surface area contributed by atoms with E-state index in [0.717, 1.165) is 12.8 Å². The average molecular weight is 191 g/mol. The Kier molecular flexibility index (Phi) is 1.74. The lowest BCUT2D eigenvalue weighted by Crippen LogP contribution is -2.70. The average Bonchev–Trinajstić information content (AvgIpc) is 2.32. The van der Waals surface area contributed by atoms with Crippen molar-refractivity contribution in [1.82, 2.24) is 0 Å². The van der Waals surface area contributed by atoms with Gasteiger partial charge in [-0.1, -0.05) is 12.8 Å². The highest BCUT2D eigenvalue weighted by molar-refractivity contribution is 5.16. The Labute approximate surface area is 76.1 Å². The number of halogens is 2. The minimum Gasteiger partial charge on any atom is -0.388 e. The largest absolute Gasteiger partial charge is 0.388 e. The van der Waals surface area contributed by atoms with E-state index in [-0.39, 0.29) is 12.8 Å². The summed E-state index contributed by atoms with van der Waals surface area (Å²) in [6.45, 7) is 0. The third-order valence-corrected chi connectivity index (χ3v) is 3.51. The molecule has 0 aromatic heterocycles. The van der Waals surface area contributed by atoms with Crippen molar-refractivity contribution in [2.75, 3.05) is 0 Å². The van der Waals surface area contributed by atoms with Gasteiger partial charge in [0, 0.05) is 12.8 Å². The molecular formula is C9H15F2NO. The summed E-state index contributed by atoms with van der Waals surface area (Å²) in [5.41, 5.74) is 3.75. The fourth-order valence-electron chi connectivity index (χ4n) is 2.66. The Hall–Kier alpha value is -0.220. The molecule has 2 aliphatic rings. The van der Waals surface area contributed by atoms with Crippen LogP contribution in [0, 0.1) is 0 Å². The van der Waals surface area contributed by atoms with Crippen molar-refractivity contribution in [1.29, 1.82) is 0 Å². The molecule has 0 bridgehead atoms. The molecule has 0 aliphatic heterocycles. The first kappa shape index (κ1) is 9.34. The molecule has 0 atom stereocenters. The number of rotatable bonds is 1. The molecule has 4 heteroatoms. The second-order valence-electron chi connectivity index (χ2n) is 4.60. The number of nitrogens with two attached hydrogens (primary N) is 1. The van der Waals surface area contributed by atoms with E-state index < -0.39 is 17.1 Å². The summed E-state index contributed by atoms with van der Waals surface area (Å²) in [6, 6.07) is 0. The van der Waals surface area contributed by atoms with Crippen LogP contribution < -0.4 is 5.73 Å². The molecule has 2 aliphatic carbocycles. The molecule has 2 saturated carbocycles. The first-order valence-corrected chi connectivity index (χ1v) is 4.76. The number of alkyl halides is 2. The van der Waals surface area contributed by atoms with Crippen molar-refractivity contribution in [2.24, 2.45) is 5.73 Å². The monoisotopic (exact) mass is 191 g/mol. The molecule has 0 amide bonds. The Morgan fingerprint density at radius 1 is 1.08 bits per heavy atom. The van der Waals surface area contributed by atoms with Gasteiger partial charge in [0.25, 0.3) is 5.92 Å². The van der Waals surface area contributed by atoms with Crippen LogP contribution in [0.1, 0.15) is 38.5 Å². The molecular weight excluding hydrogens is 176 g/mol. The summed E-state index contributed by atoms with van der Waals surface area (Å²) in [7, 11) is 0. The normalized spacial score (nSPS) is 34.2. The van der Waals surface area contributed by atoms with Crippen LogP contribution in [0.5, 0.6) is 0 Å². The Morgan fingerprint density at radius 2 is 1.54 bits per heavy atom. The van der Waals surface area contributed by atoms with Crippen molar-refractivity contribution < 1.29 is 13.9 Å². The van der Waals surface area contributed by atoms with E-state index in [4.69, 9.17) is 5.73 Å². The van der Waals surface area contributed by atoms with Gasteiger partial charge < -0.3 is 10.8 Å². The third-order valence-electron chi connectivity index (χ3n) is 3.51. The Bertz CT molecular complexity index is 216. The van der Waals surface area contributed by atoms with Crippen LogP contribution in [0.15, 0.2) is 0 Å². The van der Waals surface area contributed by atoms with Crippen molar-refractivity contribution in [3.05, 3.63) is 0 Å². The highest BCUT2D eigenvalue weighted by atomic mass is 19.3. The van der Waals surface area contributed by atoms with Crippen LogP contribution in [0.4, 0.5) is 8.78 Å².